The summed E-state index contributed by atoms with van der Waals surface area (Å²) in [5.74, 6) is -0.0859. The number of carbonyl (C=O) groups excluding carboxylic acids is 1. The largest absolute Gasteiger partial charge is 0.307 e. The standard InChI is InChI=1S/C20H16N2O/c21-13-6-14-22(19-9-2-1-3-10-19)20(23)18-12-11-16-7-4-5-8-17(16)15-18/h1-5,7-12,15H,6,14H2. The van der Waals surface area contributed by atoms with Gasteiger partial charge in [-0.05, 0) is 35.0 Å². The van der Waals surface area contributed by atoms with E-state index in [-0.39, 0.29) is 5.91 Å². The Balaban J connectivity index is 1.97. The van der Waals surface area contributed by atoms with E-state index in [2.05, 4.69) is 6.07 Å². The normalized spacial score (nSPS) is 10.2. The number of hydrogen-bond donors (Lipinski definition) is 0. The first-order valence-electron chi connectivity index (χ1n) is 7.52. The average Bonchev–Trinajstić information content (AvgIpc) is 2.62. The number of nitrogens with zero attached hydrogens (tertiary/aromatic N) is 2. The number of amides is 1. The van der Waals surface area contributed by atoms with E-state index >= 15 is 0 Å². The zero-order valence-corrected chi connectivity index (χ0v) is 12.6. The molecule has 0 heterocycles. The van der Waals surface area contributed by atoms with Crippen molar-refractivity contribution in [1.82, 2.24) is 0 Å². The Morgan fingerprint density at radius 1 is 0.913 bits per heavy atom. The number of para-hydroxylation sites is 1. The fourth-order valence-corrected chi connectivity index (χ4v) is 2.60. The lowest BCUT2D eigenvalue weighted by atomic mass is 10.1. The third kappa shape index (κ3) is 3.22. The lowest BCUT2D eigenvalue weighted by Crippen LogP contribution is -2.31. The Hall–Kier alpha value is -3.12. The number of nitriles is 1. The molecule has 0 aliphatic carbocycles. The summed E-state index contributed by atoms with van der Waals surface area (Å²) in [6, 6.07) is 25.2. The minimum atomic E-state index is -0.0859. The van der Waals surface area contributed by atoms with E-state index in [9.17, 15) is 4.79 Å². The van der Waals surface area contributed by atoms with Crippen LogP contribution in [-0.2, 0) is 0 Å². The number of carbonyl (C=O) groups is 1. The van der Waals surface area contributed by atoms with E-state index in [4.69, 9.17) is 5.26 Å². The smallest absolute Gasteiger partial charge is 0.258 e. The molecule has 0 saturated heterocycles. The van der Waals surface area contributed by atoms with Crippen LogP contribution in [0.4, 0.5) is 5.69 Å². The molecule has 3 aromatic rings. The van der Waals surface area contributed by atoms with Gasteiger partial charge in [-0.2, -0.15) is 5.26 Å². The summed E-state index contributed by atoms with van der Waals surface area (Å²) >= 11 is 0. The van der Waals surface area contributed by atoms with E-state index in [1.165, 1.54) is 0 Å². The number of anilines is 1. The van der Waals surface area contributed by atoms with Gasteiger partial charge in [0, 0.05) is 17.8 Å². The van der Waals surface area contributed by atoms with Gasteiger partial charge >= 0.3 is 0 Å². The van der Waals surface area contributed by atoms with Crippen molar-refractivity contribution in [2.24, 2.45) is 0 Å². The van der Waals surface area contributed by atoms with E-state index in [0.29, 0.717) is 18.5 Å². The Morgan fingerprint density at radius 2 is 1.61 bits per heavy atom. The highest BCUT2D eigenvalue weighted by Gasteiger charge is 2.17. The van der Waals surface area contributed by atoms with Crippen LogP contribution in [0.1, 0.15) is 16.8 Å². The lowest BCUT2D eigenvalue weighted by molar-refractivity contribution is 0.0987. The monoisotopic (exact) mass is 300 g/mol. The Labute approximate surface area is 135 Å². The van der Waals surface area contributed by atoms with Crippen LogP contribution >= 0.6 is 0 Å². The third-order valence-corrected chi connectivity index (χ3v) is 3.76. The molecule has 0 N–H and O–H groups in total. The summed E-state index contributed by atoms with van der Waals surface area (Å²) in [5.41, 5.74) is 1.44. The third-order valence-electron chi connectivity index (χ3n) is 3.76. The van der Waals surface area contributed by atoms with Crippen LogP contribution in [0.15, 0.2) is 72.8 Å². The quantitative estimate of drug-likeness (QED) is 0.716. The van der Waals surface area contributed by atoms with Gasteiger partial charge in [-0.15, -0.1) is 0 Å². The summed E-state index contributed by atoms with van der Waals surface area (Å²) in [6.07, 6.45) is 0.300. The molecule has 3 aromatic carbocycles. The van der Waals surface area contributed by atoms with Crippen LogP contribution in [0.2, 0.25) is 0 Å². The SMILES string of the molecule is N#CCCN(C(=O)c1ccc2ccccc2c1)c1ccccc1. The first-order valence-corrected chi connectivity index (χ1v) is 7.52. The summed E-state index contributed by atoms with van der Waals surface area (Å²) in [7, 11) is 0. The molecule has 0 unspecified atom stereocenters. The van der Waals surface area contributed by atoms with Gasteiger partial charge in [-0.3, -0.25) is 4.79 Å². The lowest BCUT2D eigenvalue weighted by Gasteiger charge is -2.22. The first-order chi connectivity index (χ1) is 11.3. The van der Waals surface area contributed by atoms with Gasteiger partial charge in [-0.25, -0.2) is 0 Å². The maximum Gasteiger partial charge on any atom is 0.258 e. The van der Waals surface area contributed by atoms with Gasteiger partial charge in [-0.1, -0.05) is 48.5 Å². The second kappa shape index (κ2) is 6.76. The van der Waals surface area contributed by atoms with Gasteiger partial charge in [0.15, 0.2) is 0 Å². The maximum absolute atomic E-state index is 12.9. The molecule has 23 heavy (non-hydrogen) atoms. The molecule has 112 valence electrons. The van der Waals surface area contributed by atoms with E-state index in [1.807, 2.05) is 72.8 Å². The van der Waals surface area contributed by atoms with E-state index in [0.717, 1.165) is 16.5 Å². The van der Waals surface area contributed by atoms with Crippen molar-refractivity contribution in [2.75, 3.05) is 11.4 Å². The molecular formula is C20H16N2O. The van der Waals surface area contributed by atoms with Crippen molar-refractivity contribution in [3.8, 4) is 6.07 Å². The minimum absolute atomic E-state index is 0.0859. The van der Waals surface area contributed by atoms with Crippen LogP contribution in [0.5, 0.6) is 0 Å². The highest BCUT2D eigenvalue weighted by atomic mass is 16.2. The molecule has 3 heteroatoms. The first kappa shape index (κ1) is 14.8. The van der Waals surface area contributed by atoms with Gasteiger partial charge < -0.3 is 4.90 Å². The van der Waals surface area contributed by atoms with Gasteiger partial charge in [0.25, 0.3) is 5.91 Å². The zero-order chi connectivity index (χ0) is 16.1. The molecule has 0 radical (unpaired) electrons. The molecule has 0 aliphatic rings. The molecule has 0 atom stereocenters. The molecule has 0 aliphatic heterocycles. The minimum Gasteiger partial charge on any atom is -0.307 e. The van der Waals surface area contributed by atoms with Crippen LogP contribution < -0.4 is 4.90 Å². The highest BCUT2D eigenvalue weighted by molar-refractivity contribution is 6.08. The number of rotatable bonds is 4. The second-order valence-corrected chi connectivity index (χ2v) is 5.26. The fraction of sp³-hybridized carbons (Fsp3) is 0.100. The summed E-state index contributed by atoms with van der Waals surface area (Å²) < 4.78 is 0. The Bertz CT molecular complexity index is 865. The van der Waals surface area contributed by atoms with Gasteiger partial charge in [0.2, 0.25) is 0 Å². The van der Waals surface area contributed by atoms with Crippen molar-refractivity contribution < 1.29 is 4.79 Å². The molecule has 3 rings (SSSR count). The van der Waals surface area contributed by atoms with Crippen LogP contribution in [0.25, 0.3) is 10.8 Å². The summed E-state index contributed by atoms with van der Waals surface area (Å²) in [6.45, 7) is 0.381. The Kier molecular flexibility index (Phi) is 4.35. The predicted octanol–water partition coefficient (Wildman–Crippen LogP) is 4.40. The number of benzene rings is 3. The molecule has 0 spiro atoms. The number of fused-ring (bicyclic) bond motifs is 1. The molecule has 1 amide bonds. The molecule has 3 nitrogen and oxygen atoms in total. The molecular weight excluding hydrogens is 284 g/mol. The predicted molar refractivity (Wildman–Crippen MR) is 92.3 cm³/mol. The fourth-order valence-electron chi connectivity index (χ4n) is 2.60. The topological polar surface area (TPSA) is 44.1 Å². The zero-order valence-electron chi connectivity index (χ0n) is 12.6. The van der Waals surface area contributed by atoms with E-state index < -0.39 is 0 Å². The molecule has 0 saturated carbocycles. The molecule has 0 fully saturated rings. The number of hydrogen-bond acceptors (Lipinski definition) is 2. The van der Waals surface area contributed by atoms with Crippen molar-refractivity contribution in [3.05, 3.63) is 78.4 Å². The van der Waals surface area contributed by atoms with Crippen LogP contribution in [0.3, 0.4) is 0 Å². The van der Waals surface area contributed by atoms with Crippen LogP contribution in [-0.4, -0.2) is 12.5 Å². The van der Waals surface area contributed by atoms with E-state index in [1.54, 1.807) is 4.90 Å². The second-order valence-electron chi connectivity index (χ2n) is 5.26. The molecule has 0 bridgehead atoms. The van der Waals surface area contributed by atoms with Crippen molar-refractivity contribution in [2.45, 2.75) is 6.42 Å². The van der Waals surface area contributed by atoms with Gasteiger partial charge in [0.1, 0.15) is 0 Å². The maximum atomic E-state index is 12.9. The van der Waals surface area contributed by atoms with Crippen molar-refractivity contribution in [3.63, 3.8) is 0 Å². The summed E-state index contributed by atoms with van der Waals surface area (Å²) in [5, 5.41) is 11.0. The molecule has 0 aromatic heterocycles. The van der Waals surface area contributed by atoms with Crippen LogP contribution in [0, 0.1) is 11.3 Å². The Morgan fingerprint density at radius 3 is 2.35 bits per heavy atom. The van der Waals surface area contributed by atoms with Crippen molar-refractivity contribution >= 4 is 22.4 Å². The van der Waals surface area contributed by atoms with Crippen molar-refractivity contribution in [1.29, 1.82) is 5.26 Å². The van der Waals surface area contributed by atoms with Gasteiger partial charge in [0.05, 0.1) is 12.5 Å². The highest BCUT2D eigenvalue weighted by Crippen LogP contribution is 2.20. The summed E-state index contributed by atoms with van der Waals surface area (Å²) in [4.78, 5) is 14.6. The average molecular weight is 300 g/mol.